The molecule has 0 amide bonds. The number of aromatic nitrogens is 3. The van der Waals surface area contributed by atoms with Gasteiger partial charge in [-0.05, 0) is 38.0 Å². The van der Waals surface area contributed by atoms with E-state index in [4.69, 9.17) is 4.74 Å². The Kier molecular flexibility index (Phi) is 4.55. The fraction of sp³-hybridized carbons (Fsp3) is 0.529. The predicted octanol–water partition coefficient (Wildman–Crippen LogP) is 2.30. The van der Waals surface area contributed by atoms with Gasteiger partial charge in [0.15, 0.2) is 0 Å². The van der Waals surface area contributed by atoms with Crippen molar-refractivity contribution in [1.29, 1.82) is 0 Å². The predicted molar refractivity (Wildman–Crippen MR) is 85.4 cm³/mol. The Bertz CT molecular complexity index is 623. The van der Waals surface area contributed by atoms with Crippen molar-refractivity contribution in [3.05, 3.63) is 47.0 Å². The van der Waals surface area contributed by atoms with Crippen LogP contribution in [0, 0.1) is 19.8 Å². The molecule has 1 aliphatic rings. The third-order valence-corrected chi connectivity index (χ3v) is 4.55. The Morgan fingerprint density at radius 2 is 2.09 bits per heavy atom. The molecule has 5 nitrogen and oxygen atoms in total. The molecule has 0 aromatic carbocycles. The van der Waals surface area contributed by atoms with Gasteiger partial charge in [-0.3, -0.25) is 9.67 Å². The molecule has 2 atom stereocenters. The second-order valence-corrected chi connectivity index (χ2v) is 6.03. The molecule has 0 unspecified atom stereocenters. The van der Waals surface area contributed by atoms with Crippen molar-refractivity contribution in [3.63, 3.8) is 0 Å². The van der Waals surface area contributed by atoms with Gasteiger partial charge >= 0.3 is 0 Å². The molecule has 0 spiro atoms. The number of hydrogen-bond donors (Lipinski definition) is 1. The van der Waals surface area contributed by atoms with Crippen LogP contribution in [0.4, 0.5) is 0 Å². The lowest BCUT2D eigenvalue weighted by Gasteiger charge is -2.20. The number of pyridine rings is 1. The number of rotatable bonds is 5. The first-order valence-corrected chi connectivity index (χ1v) is 7.88. The molecule has 22 heavy (non-hydrogen) atoms. The minimum atomic E-state index is 0.165. The van der Waals surface area contributed by atoms with Crippen molar-refractivity contribution >= 4 is 0 Å². The summed E-state index contributed by atoms with van der Waals surface area (Å²) in [4.78, 5) is 4.05. The highest BCUT2D eigenvalue weighted by Crippen LogP contribution is 2.37. The first-order valence-electron chi connectivity index (χ1n) is 7.88. The van der Waals surface area contributed by atoms with Gasteiger partial charge in [0.25, 0.3) is 0 Å². The van der Waals surface area contributed by atoms with E-state index < -0.39 is 0 Å². The molecule has 0 radical (unpaired) electrons. The van der Waals surface area contributed by atoms with Crippen molar-refractivity contribution in [1.82, 2.24) is 20.1 Å². The van der Waals surface area contributed by atoms with Crippen LogP contribution in [0.5, 0.6) is 0 Å². The molecule has 2 aromatic heterocycles. The average Bonchev–Trinajstić information content (AvgIpc) is 3.05. The maximum Gasteiger partial charge on any atom is 0.0901 e. The highest BCUT2D eigenvalue weighted by Gasteiger charge is 2.33. The van der Waals surface area contributed by atoms with E-state index in [1.54, 1.807) is 0 Å². The smallest absolute Gasteiger partial charge is 0.0901 e. The van der Waals surface area contributed by atoms with E-state index in [-0.39, 0.29) is 6.10 Å². The maximum absolute atomic E-state index is 6.03. The highest BCUT2D eigenvalue weighted by molar-refractivity contribution is 5.28. The molecule has 2 aromatic rings. The Balaban J connectivity index is 1.63. The number of ether oxygens (including phenoxy) is 1. The minimum Gasteiger partial charge on any atom is -0.373 e. The van der Waals surface area contributed by atoms with Gasteiger partial charge in [0, 0.05) is 56.3 Å². The van der Waals surface area contributed by atoms with E-state index in [9.17, 15) is 0 Å². The summed E-state index contributed by atoms with van der Waals surface area (Å²) in [7, 11) is 2.00. The van der Waals surface area contributed by atoms with E-state index in [0.29, 0.717) is 5.92 Å². The third kappa shape index (κ3) is 3.05. The third-order valence-electron chi connectivity index (χ3n) is 4.55. The van der Waals surface area contributed by atoms with Gasteiger partial charge < -0.3 is 10.1 Å². The van der Waals surface area contributed by atoms with Crippen molar-refractivity contribution in [2.75, 3.05) is 13.2 Å². The van der Waals surface area contributed by atoms with Crippen LogP contribution >= 0.6 is 0 Å². The summed E-state index contributed by atoms with van der Waals surface area (Å²) in [6.45, 7) is 6.86. The molecule has 0 bridgehead atoms. The summed E-state index contributed by atoms with van der Waals surface area (Å²) in [5.41, 5.74) is 4.84. The fourth-order valence-electron chi connectivity index (χ4n) is 3.27. The summed E-state index contributed by atoms with van der Waals surface area (Å²) in [6.07, 6.45) is 4.93. The quantitative estimate of drug-likeness (QED) is 0.920. The second kappa shape index (κ2) is 6.58. The molecule has 118 valence electrons. The largest absolute Gasteiger partial charge is 0.373 e. The van der Waals surface area contributed by atoms with Crippen LogP contribution in [-0.4, -0.2) is 27.9 Å². The normalized spacial score (nSPS) is 21.4. The monoisotopic (exact) mass is 300 g/mol. The molecule has 1 saturated heterocycles. The highest BCUT2D eigenvalue weighted by atomic mass is 16.5. The molecule has 3 heterocycles. The van der Waals surface area contributed by atoms with Crippen LogP contribution in [0.3, 0.4) is 0 Å². The lowest BCUT2D eigenvalue weighted by atomic mass is 9.94. The zero-order chi connectivity index (χ0) is 15.5. The Hall–Kier alpha value is -1.72. The molecular weight excluding hydrogens is 276 g/mol. The van der Waals surface area contributed by atoms with Gasteiger partial charge in [-0.25, -0.2) is 0 Å². The van der Waals surface area contributed by atoms with Gasteiger partial charge in [-0.1, -0.05) is 0 Å². The second-order valence-electron chi connectivity index (χ2n) is 6.03. The fourth-order valence-corrected chi connectivity index (χ4v) is 3.27. The molecular formula is C17H24N4O. The van der Waals surface area contributed by atoms with Gasteiger partial charge in [-0.2, -0.15) is 5.10 Å². The molecule has 1 fully saturated rings. The molecule has 1 N–H and O–H groups in total. The summed E-state index contributed by atoms with van der Waals surface area (Å²) in [5, 5.41) is 8.08. The number of hydrogen-bond acceptors (Lipinski definition) is 4. The number of nitrogens with zero attached hydrogens (tertiary/aromatic N) is 3. The standard InChI is InChI=1S/C17H24N4O/c1-12-16(13(2)21(3)20-12)17-15(6-9-22-17)11-19-10-14-4-7-18-8-5-14/h4-5,7-8,15,17,19H,6,9-11H2,1-3H3/t15-,17+/m0/s1. The topological polar surface area (TPSA) is 52.0 Å². The molecule has 3 rings (SSSR count). The van der Waals surface area contributed by atoms with Crippen LogP contribution in [0.2, 0.25) is 0 Å². The van der Waals surface area contributed by atoms with Crippen LogP contribution < -0.4 is 5.32 Å². The maximum atomic E-state index is 6.03. The minimum absolute atomic E-state index is 0.165. The molecule has 5 heteroatoms. The Morgan fingerprint density at radius 3 is 2.77 bits per heavy atom. The van der Waals surface area contributed by atoms with Gasteiger partial charge in [-0.15, -0.1) is 0 Å². The zero-order valence-corrected chi connectivity index (χ0v) is 13.5. The average molecular weight is 300 g/mol. The summed E-state index contributed by atoms with van der Waals surface area (Å²) in [6, 6.07) is 4.09. The van der Waals surface area contributed by atoms with Crippen molar-refractivity contribution in [2.24, 2.45) is 13.0 Å². The van der Waals surface area contributed by atoms with Crippen molar-refractivity contribution in [3.8, 4) is 0 Å². The summed E-state index contributed by atoms with van der Waals surface area (Å²) in [5.74, 6) is 0.503. The summed E-state index contributed by atoms with van der Waals surface area (Å²) >= 11 is 0. The zero-order valence-electron chi connectivity index (χ0n) is 13.5. The van der Waals surface area contributed by atoms with E-state index in [1.807, 2.05) is 36.3 Å². The first kappa shape index (κ1) is 15.2. The first-order chi connectivity index (χ1) is 10.7. The van der Waals surface area contributed by atoms with Gasteiger partial charge in [0.1, 0.15) is 0 Å². The molecule has 1 aliphatic heterocycles. The molecule has 0 aliphatic carbocycles. The molecule has 0 saturated carbocycles. The van der Waals surface area contributed by atoms with E-state index >= 15 is 0 Å². The van der Waals surface area contributed by atoms with Crippen molar-refractivity contribution in [2.45, 2.75) is 32.9 Å². The van der Waals surface area contributed by atoms with Crippen LogP contribution in [0.15, 0.2) is 24.5 Å². The van der Waals surface area contributed by atoms with Gasteiger partial charge in [0.05, 0.1) is 11.8 Å². The van der Waals surface area contributed by atoms with Crippen LogP contribution in [0.1, 0.15) is 35.0 Å². The van der Waals surface area contributed by atoms with Crippen LogP contribution in [0.25, 0.3) is 0 Å². The van der Waals surface area contributed by atoms with E-state index in [1.165, 1.54) is 16.8 Å². The Morgan fingerprint density at radius 1 is 1.32 bits per heavy atom. The number of aryl methyl sites for hydroxylation is 2. The summed E-state index contributed by atoms with van der Waals surface area (Å²) < 4.78 is 7.98. The number of nitrogens with one attached hydrogen (secondary N) is 1. The van der Waals surface area contributed by atoms with Crippen LogP contribution in [-0.2, 0) is 18.3 Å². The van der Waals surface area contributed by atoms with E-state index in [2.05, 4.69) is 29.2 Å². The van der Waals surface area contributed by atoms with Gasteiger partial charge in [0.2, 0.25) is 0 Å². The SMILES string of the molecule is Cc1nn(C)c(C)c1[C@@H]1OCC[C@H]1CNCc1ccncc1. The Labute approximate surface area is 131 Å². The lowest BCUT2D eigenvalue weighted by Crippen LogP contribution is -2.25. The van der Waals surface area contributed by atoms with Crippen molar-refractivity contribution < 1.29 is 4.74 Å². The van der Waals surface area contributed by atoms with E-state index in [0.717, 1.165) is 31.8 Å². The lowest BCUT2D eigenvalue weighted by molar-refractivity contribution is 0.0893.